The van der Waals surface area contributed by atoms with E-state index in [2.05, 4.69) is 6.07 Å². The molecule has 0 fully saturated rings. The van der Waals surface area contributed by atoms with Crippen molar-refractivity contribution in [1.29, 1.82) is 5.26 Å². The topological polar surface area (TPSA) is 70.3 Å². The van der Waals surface area contributed by atoms with Gasteiger partial charge in [0.05, 0.1) is 12.5 Å². The van der Waals surface area contributed by atoms with Crippen LogP contribution in [0.5, 0.6) is 0 Å². The molecule has 0 heterocycles. The summed E-state index contributed by atoms with van der Waals surface area (Å²) in [6.07, 6.45) is 4.59. The number of nitriles is 1. The molecule has 106 valence electrons. The van der Waals surface area contributed by atoms with Gasteiger partial charge in [0.15, 0.2) is 11.7 Å². The fourth-order valence-electron chi connectivity index (χ4n) is 2.88. The third-order valence-corrected chi connectivity index (χ3v) is 4.09. The number of halogens is 1. The van der Waals surface area contributed by atoms with Crippen LogP contribution >= 0.6 is 11.6 Å². The molecule has 21 heavy (non-hydrogen) atoms. The summed E-state index contributed by atoms with van der Waals surface area (Å²) in [7, 11) is 0. The number of carbonyl (C=O) groups excluding carboxylic acids is 1. The summed E-state index contributed by atoms with van der Waals surface area (Å²) >= 11 is 6.24. The van der Waals surface area contributed by atoms with Crippen LogP contribution in [0, 0.1) is 11.3 Å². The maximum atomic E-state index is 11.2. The van der Waals surface area contributed by atoms with E-state index in [4.69, 9.17) is 21.6 Å². The van der Waals surface area contributed by atoms with Crippen LogP contribution < -0.4 is 0 Å². The van der Waals surface area contributed by atoms with Crippen molar-refractivity contribution >= 4 is 23.6 Å². The van der Waals surface area contributed by atoms with E-state index in [1.54, 1.807) is 30.4 Å². The predicted molar refractivity (Wildman–Crippen MR) is 77.3 cm³/mol. The smallest absolute Gasteiger partial charge is 0.303 e. The van der Waals surface area contributed by atoms with Crippen molar-refractivity contribution in [3.63, 3.8) is 0 Å². The van der Waals surface area contributed by atoms with Crippen molar-refractivity contribution in [2.24, 2.45) is 0 Å². The lowest BCUT2D eigenvalue weighted by atomic mass is 9.88. The second-order valence-corrected chi connectivity index (χ2v) is 5.54. The normalized spacial score (nSPS) is 25.0. The summed E-state index contributed by atoms with van der Waals surface area (Å²) in [6, 6.07) is 5.53. The Morgan fingerprint density at radius 2 is 2.33 bits per heavy atom. The van der Waals surface area contributed by atoms with Crippen LogP contribution in [0.25, 0.3) is 6.08 Å². The maximum absolute atomic E-state index is 11.2. The van der Waals surface area contributed by atoms with E-state index in [9.17, 15) is 9.90 Å². The molecule has 0 aromatic heterocycles. The molecule has 0 saturated heterocycles. The molecule has 0 saturated carbocycles. The van der Waals surface area contributed by atoms with Gasteiger partial charge >= 0.3 is 5.97 Å². The van der Waals surface area contributed by atoms with Gasteiger partial charge in [-0.2, -0.15) is 5.26 Å². The Morgan fingerprint density at radius 3 is 3.00 bits per heavy atom. The third kappa shape index (κ3) is 1.98. The highest BCUT2D eigenvalue weighted by atomic mass is 35.5. The van der Waals surface area contributed by atoms with Crippen molar-refractivity contribution in [3.8, 4) is 6.07 Å². The predicted octanol–water partition coefficient (Wildman–Crippen LogP) is 2.49. The first-order valence-corrected chi connectivity index (χ1v) is 6.84. The monoisotopic (exact) mass is 301 g/mol. The van der Waals surface area contributed by atoms with Crippen molar-refractivity contribution in [3.05, 3.63) is 51.6 Å². The molecule has 0 bridgehead atoms. The van der Waals surface area contributed by atoms with E-state index in [1.165, 1.54) is 6.92 Å². The number of aliphatic hydroxyl groups is 1. The van der Waals surface area contributed by atoms with Crippen molar-refractivity contribution < 1.29 is 14.6 Å². The van der Waals surface area contributed by atoms with Crippen molar-refractivity contribution in [2.75, 3.05) is 0 Å². The molecule has 2 aliphatic carbocycles. The summed E-state index contributed by atoms with van der Waals surface area (Å²) in [4.78, 5) is 11.2. The minimum atomic E-state index is -1.42. The second-order valence-electron chi connectivity index (χ2n) is 5.13. The van der Waals surface area contributed by atoms with Gasteiger partial charge < -0.3 is 9.84 Å². The Balaban J connectivity index is 2.12. The Kier molecular flexibility index (Phi) is 3.12. The molecule has 0 unspecified atom stereocenters. The standard InChI is InChI=1S/C16H12ClNO3/c1-9(19)21-15-3-2-11-8-12-13(16(11,15)20)6-10(4-5-18)7-14(12)17/h2-3,6-8,15,20H,4H2,1H3/t15-,16+/m0/s1. The number of ether oxygens (including phenoxy) is 1. The quantitative estimate of drug-likeness (QED) is 0.852. The number of hydrogen-bond donors (Lipinski definition) is 1. The van der Waals surface area contributed by atoms with Crippen LogP contribution in [0.4, 0.5) is 0 Å². The molecule has 0 spiro atoms. The summed E-state index contributed by atoms with van der Waals surface area (Å²) in [5, 5.41) is 20.4. The number of hydrogen-bond acceptors (Lipinski definition) is 4. The van der Waals surface area contributed by atoms with Gasteiger partial charge in [-0.15, -0.1) is 0 Å². The molecule has 0 aliphatic heterocycles. The van der Waals surface area contributed by atoms with E-state index < -0.39 is 17.7 Å². The third-order valence-electron chi connectivity index (χ3n) is 3.78. The lowest BCUT2D eigenvalue weighted by Gasteiger charge is -2.29. The number of nitrogens with zero attached hydrogens (tertiary/aromatic N) is 1. The molecule has 2 atom stereocenters. The van der Waals surface area contributed by atoms with E-state index in [0.29, 0.717) is 21.7 Å². The van der Waals surface area contributed by atoms with Crippen molar-refractivity contribution in [2.45, 2.75) is 25.0 Å². The van der Waals surface area contributed by atoms with Gasteiger partial charge in [-0.1, -0.05) is 23.7 Å². The molecule has 0 radical (unpaired) electrons. The molecule has 1 aromatic rings. The highest BCUT2D eigenvalue weighted by molar-refractivity contribution is 6.32. The lowest BCUT2D eigenvalue weighted by molar-refractivity contribution is -0.153. The first-order valence-electron chi connectivity index (χ1n) is 6.46. The highest BCUT2D eigenvalue weighted by Crippen LogP contribution is 2.50. The zero-order valence-electron chi connectivity index (χ0n) is 11.3. The van der Waals surface area contributed by atoms with E-state index in [1.807, 2.05) is 0 Å². The van der Waals surface area contributed by atoms with Crippen LogP contribution in [-0.4, -0.2) is 17.2 Å². The van der Waals surface area contributed by atoms with Crippen LogP contribution in [-0.2, 0) is 21.6 Å². The Labute approximate surface area is 126 Å². The lowest BCUT2D eigenvalue weighted by Crippen LogP contribution is -2.38. The molecule has 0 amide bonds. The maximum Gasteiger partial charge on any atom is 0.303 e. The van der Waals surface area contributed by atoms with Gasteiger partial charge in [-0.25, -0.2) is 0 Å². The molecular weight excluding hydrogens is 290 g/mol. The zero-order chi connectivity index (χ0) is 15.2. The van der Waals surface area contributed by atoms with Gasteiger partial charge in [-0.05, 0) is 29.4 Å². The second kappa shape index (κ2) is 4.73. The van der Waals surface area contributed by atoms with Crippen LogP contribution in [0.3, 0.4) is 0 Å². The van der Waals surface area contributed by atoms with Crippen molar-refractivity contribution in [1.82, 2.24) is 0 Å². The number of esters is 1. The Hall–Kier alpha value is -2.09. The van der Waals surface area contributed by atoms with Gasteiger partial charge in [0.25, 0.3) is 0 Å². The summed E-state index contributed by atoms with van der Waals surface area (Å²) in [6.45, 7) is 1.30. The first-order chi connectivity index (χ1) is 9.96. The minimum absolute atomic E-state index is 0.198. The van der Waals surface area contributed by atoms with Gasteiger partial charge in [0.2, 0.25) is 0 Å². The SMILES string of the molecule is CC(=O)O[C@H]1C=CC2=Cc3c(Cl)cc(CC#N)cc3[C@]21O. The van der Waals surface area contributed by atoms with E-state index >= 15 is 0 Å². The molecular formula is C16H12ClNO3. The summed E-state index contributed by atoms with van der Waals surface area (Å²) < 4.78 is 5.20. The number of benzene rings is 1. The number of carbonyl (C=O) groups is 1. The van der Waals surface area contributed by atoms with Gasteiger partial charge in [0, 0.05) is 23.1 Å². The zero-order valence-corrected chi connectivity index (χ0v) is 12.0. The first kappa shape index (κ1) is 13.9. The van der Waals surface area contributed by atoms with Crippen LogP contribution in [0.1, 0.15) is 23.6 Å². The van der Waals surface area contributed by atoms with E-state index in [-0.39, 0.29) is 6.42 Å². The largest absolute Gasteiger partial charge is 0.454 e. The summed E-state index contributed by atoms with van der Waals surface area (Å²) in [5.74, 6) is -0.466. The minimum Gasteiger partial charge on any atom is -0.454 e. The molecule has 1 aromatic carbocycles. The number of fused-ring (bicyclic) bond motifs is 3. The highest BCUT2D eigenvalue weighted by Gasteiger charge is 2.50. The van der Waals surface area contributed by atoms with Gasteiger partial charge in [0.1, 0.15) is 0 Å². The number of rotatable bonds is 2. The summed E-state index contributed by atoms with van der Waals surface area (Å²) in [5.41, 5.74) is 1.22. The molecule has 2 aliphatic rings. The Morgan fingerprint density at radius 1 is 1.57 bits per heavy atom. The average Bonchev–Trinajstić information content (AvgIpc) is 2.85. The molecule has 5 heteroatoms. The Bertz CT molecular complexity index is 745. The molecule has 4 nitrogen and oxygen atoms in total. The van der Waals surface area contributed by atoms with Crippen LogP contribution in [0.15, 0.2) is 29.9 Å². The average molecular weight is 302 g/mol. The van der Waals surface area contributed by atoms with E-state index in [0.717, 1.165) is 5.56 Å². The molecule has 3 rings (SSSR count). The fraction of sp³-hybridized carbons (Fsp3) is 0.250. The van der Waals surface area contributed by atoms with Gasteiger partial charge in [-0.3, -0.25) is 4.79 Å². The fourth-order valence-corrected chi connectivity index (χ4v) is 3.17. The molecule has 1 N–H and O–H groups in total. The van der Waals surface area contributed by atoms with Crippen LogP contribution in [0.2, 0.25) is 5.02 Å².